The number of carbonyl (C=O) groups is 2. The zero-order chi connectivity index (χ0) is 18.6. The first-order valence-electron chi connectivity index (χ1n) is 8.73. The fourth-order valence-corrected chi connectivity index (χ4v) is 3.55. The van der Waals surface area contributed by atoms with Gasteiger partial charge in [-0.05, 0) is 42.5 Å². The highest BCUT2D eigenvalue weighted by molar-refractivity contribution is 5.96. The number of nitrogens with two attached hydrogens (primary N) is 1. The molecule has 0 bridgehead atoms. The van der Waals surface area contributed by atoms with Crippen LogP contribution < -0.4 is 5.73 Å². The zero-order valence-corrected chi connectivity index (χ0v) is 15.0. The molecule has 1 fully saturated rings. The van der Waals surface area contributed by atoms with Gasteiger partial charge in [-0.3, -0.25) is 4.79 Å². The van der Waals surface area contributed by atoms with Gasteiger partial charge in [-0.2, -0.15) is 0 Å². The normalized spacial score (nSPS) is 28.0. The molecule has 0 unspecified atom stereocenters. The first kappa shape index (κ1) is 19.2. The predicted molar refractivity (Wildman–Crippen MR) is 97.3 cm³/mol. The third-order valence-electron chi connectivity index (χ3n) is 4.95. The number of ketones is 1. The van der Waals surface area contributed by atoms with Gasteiger partial charge in [0.15, 0.2) is 5.78 Å². The highest BCUT2D eigenvalue weighted by Gasteiger charge is 2.36. The molecule has 1 heterocycles. The lowest BCUT2D eigenvalue weighted by molar-refractivity contribution is -0.131. The fourth-order valence-electron chi connectivity index (χ4n) is 3.55. The SMILES string of the molecule is C[C@@H]1C[C@@H](C)[C@H](CC(=O)c2ccc(N)cc2)O[C@@H]1[C@@H](C)/C=C/C(=O)O. The zero-order valence-electron chi connectivity index (χ0n) is 15.0. The van der Waals surface area contributed by atoms with Crippen LogP contribution in [-0.4, -0.2) is 29.1 Å². The van der Waals surface area contributed by atoms with E-state index in [0.29, 0.717) is 23.6 Å². The summed E-state index contributed by atoms with van der Waals surface area (Å²) in [5.74, 6) is -0.351. The molecule has 1 aromatic carbocycles. The maximum absolute atomic E-state index is 12.5. The molecular formula is C20H27NO4. The number of hydrogen-bond acceptors (Lipinski definition) is 4. The monoisotopic (exact) mass is 345 g/mol. The fraction of sp³-hybridized carbons (Fsp3) is 0.500. The van der Waals surface area contributed by atoms with E-state index in [4.69, 9.17) is 15.6 Å². The van der Waals surface area contributed by atoms with Gasteiger partial charge < -0.3 is 15.6 Å². The van der Waals surface area contributed by atoms with E-state index in [1.54, 1.807) is 30.3 Å². The molecule has 0 aromatic heterocycles. The van der Waals surface area contributed by atoms with Crippen molar-refractivity contribution in [3.8, 4) is 0 Å². The predicted octanol–water partition coefficient (Wildman–Crippen LogP) is 3.55. The third kappa shape index (κ3) is 5.16. The van der Waals surface area contributed by atoms with Crippen LogP contribution in [0.3, 0.4) is 0 Å². The molecule has 25 heavy (non-hydrogen) atoms. The van der Waals surface area contributed by atoms with Crippen LogP contribution in [0.15, 0.2) is 36.4 Å². The number of anilines is 1. The Balaban J connectivity index is 2.05. The minimum atomic E-state index is -0.959. The number of Topliss-reactive ketones (excluding diaryl/α,β-unsaturated/α-hetero) is 1. The van der Waals surface area contributed by atoms with Gasteiger partial charge in [0.25, 0.3) is 0 Å². The Morgan fingerprint density at radius 3 is 2.52 bits per heavy atom. The van der Waals surface area contributed by atoms with Crippen LogP contribution in [0.5, 0.6) is 0 Å². The quantitative estimate of drug-likeness (QED) is 0.467. The van der Waals surface area contributed by atoms with E-state index in [0.717, 1.165) is 12.5 Å². The van der Waals surface area contributed by atoms with Crippen molar-refractivity contribution in [3.63, 3.8) is 0 Å². The van der Waals surface area contributed by atoms with Crippen molar-refractivity contribution in [1.82, 2.24) is 0 Å². The molecule has 1 aromatic rings. The molecule has 3 N–H and O–H groups in total. The van der Waals surface area contributed by atoms with E-state index in [2.05, 4.69) is 13.8 Å². The summed E-state index contributed by atoms with van der Waals surface area (Å²) in [6.45, 7) is 6.17. The summed E-state index contributed by atoms with van der Waals surface area (Å²) < 4.78 is 6.23. The van der Waals surface area contributed by atoms with E-state index in [1.807, 2.05) is 6.92 Å². The van der Waals surface area contributed by atoms with Crippen molar-refractivity contribution in [2.75, 3.05) is 5.73 Å². The number of hydrogen-bond donors (Lipinski definition) is 2. The number of carboxylic acids is 1. The number of ether oxygens (including phenoxy) is 1. The van der Waals surface area contributed by atoms with Gasteiger partial charge in [0, 0.05) is 29.7 Å². The van der Waals surface area contributed by atoms with Crippen LogP contribution in [0.2, 0.25) is 0 Å². The van der Waals surface area contributed by atoms with E-state index in [9.17, 15) is 9.59 Å². The van der Waals surface area contributed by atoms with Crippen LogP contribution in [0.4, 0.5) is 5.69 Å². The lowest BCUT2D eigenvalue weighted by atomic mass is 9.80. The molecule has 1 aliphatic rings. The number of benzene rings is 1. The van der Waals surface area contributed by atoms with Crippen LogP contribution in [0.25, 0.3) is 0 Å². The van der Waals surface area contributed by atoms with Gasteiger partial charge in [-0.1, -0.05) is 26.8 Å². The number of aliphatic carboxylic acids is 1. The number of carbonyl (C=O) groups excluding carboxylic acids is 1. The molecule has 1 aliphatic heterocycles. The summed E-state index contributed by atoms with van der Waals surface area (Å²) in [7, 11) is 0. The lowest BCUT2D eigenvalue weighted by Gasteiger charge is -2.41. The molecular weight excluding hydrogens is 318 g/mol. The maximum atomic E-state index is 12.5. The second-order valence-electron chi connectivity index (χ2n) is 7.14. The molecule has 0 radical (unpaired) electrons. The Morgan fingerprint density at radius 1 is 1.28 bits per heavy atom. The van der Waals surface area contributed by atoms with Crippen molar-refractivity contribution in [2.45, 2.75) is 45.8 Å². The third-order valence-corrected chi connectivity index (χ3v) is 4.95. The number of rotatable bonds is 6. The van der Waals surface area contributed by atoms with Crippen LogP contribution >= 0.6 is 0 Å². The average molecular weight is 345 g/mol. The topological polar surface area (TPSA) is 89.6 Å². The summed E-state index contributed by atoms with van der Waals surface area (Å²) in [6.07, 6.45) is 3.85. The van der Waals surface area contributed by atoms with Crippen LogP contribution in [-0.2, 0) is 9.53 Å². The first-order valence-corrected chi connectivity index (χ1v) is 8.73. The lowest BCUT2D eigenvalue weighted by Crippen LogP contribution is -2.43. The Hall–Kier alpha value is -2.14. The second-order valence-corrected chi connectivity index (χ2v) is 7.14. The molecule has 136 valence electrons. The van der Waals surface area contributed by atoms with E-state index < -0.39 is 5.97 Å². The first-order chi connectivity index (χ1) is 11.8. The molecule has 5 heteroatoms. The average Bonchev–Trinajstić information content (AvgIpc) is 2.55. The molecule has 5 nitrogen and oxygen atoms in total. The van der Waals surface area contributed by atoms with Crippen LogP contribution in [0.1, 0.15) is 44.0 Å². The van der Waals surface area contributed by atoms with Crippen molar-refractivity contribution < 1.29 is 19.4 Å². The van der Waals surface area contributed by atoms with E-state index in [1.165, 1.54) is 0 Å². The smallest absolute Gasteiger partial charge is 0.327 e. The summed E-state index contributed by atoms with van der Waals surface area (Å²) in [5, 5.41) is 8.80. The maximum Gasteiger partial charge on any atom is 0.327 e. The summed E-state index contributed by atoms with van der Waals surface area (Å²) in [5.41, 5.74) is 6.93. The molecule has 0 amide bonds. The van der Waals surface area contributed by atoms with Crippen molar-refractivity contribution in [3.05, 3.63) is 42.0 Å². The second kappa shape index (κ2) is 8.30. The van der Waals surface area contributed by atoms with E-state index in [-0.39, 0.29) is 29.8 Å². The Kier molecular flexibility index (Phi) is 6.37. The minimum Gasteiger partial charge on any atom is -0.478 e. The molecule has 0 saturated carbocycles. The summed E-state index contributed by atoms with van der Waals surface area (Å²) in [6, 6.07) is 6.93. The standard InChI is InChI=1S/C20H27NO4/c1-12(4-9-19(23)24)20-14(3)10-13(2)18(25-20)11-17(22)15-5-7-16(21)8-6-15/h4-9,12-14,18,20H,10-11,21H2,1-3H3,(H,23,24)/b9-4+/t12-,13+,14+,18-,20+/m0/s1. The highest BCUT2D eigenvalue weighted by atomic mass is 16.5. The van der Waals surface area contributed by atoms with Crippen molar-refractivity contribution in [2.24, 2.45) is 17.8 Å². The van der Waals surface area contributed by atoms with Gasteiger partial charge in [0.2, 0.25) is 0 Å². The highest BCUT2D eigenvalue weighted by Crippen LogP contribution is 2.35. The van der Waals surface area contributed by atoms with Gasteiger partial charge >= 0.3 is 5.97 Å². The van der Waals surface area contributed by atoms with Gasteiger partial charge in [0.1, 0.15) is 0 Å². The Bertz CT molecular complexity index is 638. The molecule has 5 atom stereocenters. The molecule has 0 aliphatic carbocycles. The van der Waals surface area contributed by atoms with E-state index >= 15 is 0 Å². The van der Waals surface area contributed by atoms with Gasteiger partial charge in [0.05, 0.1) is 12.2 Å². The Morgan fingerprint density at radius 2 is 1.92 bits per heavy atom. The van der Waals surface area contributed by atoms with Crippen LogP contribution in [0, 0.1) is 17.8 Å². The number of nitrogen functional groups attached to an aromatic ring is 1. The van der Waals surface area contributed by atoms with Crippen molar-refractivity contribution in [1.29, 1.82) is 0 Å². The molecule has 1 saturated heterocycles. The van der Waals surface area contributed by atoms with Gasteiger partial charge in [-0.15, -0.1) is 0 Å². The molecule has 2 rings (SSSR count). The van der Waals surface area contributed by atoms with Crippen molar-refractivity contribution >= 4 is 17.4 Å². The number of carboxylic acid groups (broad SMARTS) is 1. The van der Waals surface area contributed by atoms with Gasteiger partial charge in [-0.25, -0.2) is 4.79 Å². The Labute approximate surface area is 148 Å². The summed E-state index contributed by atoms with van der Waals surface area (Å²) in [4.78, 5) is 23.3. The summed E-state index contributed by atoms with van der Waals surface area (Å²) >= 11 is 0. The minimum absolute atomic E-state index is 0.0206. The molecule has 0 spiro atoms. The largest absolute Gasteiger partial charge is 0.478 e.